The Labute approximate surface area is 132 Å². The van der Waals surface area contributed by atoms with Crippen LogP contribution in [0.3, 0.4) is 0 Å². The van der Waals surface area contributed by atoms with E-state index in [0.29, 0.717) is 11.3 Å². The number of nitrogens with one attached hydrogen (secondary N) is 1. The predicted octanol–water partition coefficient (Wildman–Crippen LogP) is 2.26. The van der Waals surface area contributed by atoms with Crippen LogP contribution in [-0.4, -0.2) is 37.1 Å². The second kappa shape index (κ2) is 6.54. The van der Waals surface area contributed by atoms with Crippen LogP contribution >= 0.6 is 23.4 Å². The Morgan fingerprint density at radius 3 is 2.81 bits per heavy atom. The Balaban J connectivity index is 1.92. The summed E-state index contributed by atoms with van der Waals surface area (Å²) in [4.78, 5) is 12.7. The molecule has 1 aliphatic rings. The van der Waals surface area contributed by atoms with E-state index in [2.05, 4.69) is 5.32 Å². The fourth-order valence-corrected chi connectivity index (χ4v) is 4.87. The van der Waals surface area contributed by atoms with Gasteiger partial charge in [-0.3, -0.25) is 4.79 Å². The van der Waals surface area contributed by atoms with Gasteiger partial charge < -0.3 is 5.32 Å². The van der Waals surface area contributed by atoms with Crippen molar-refractivity contribution < 1.29 is 17.6 Å². The Bertz CT molecular complexity index is 651. The summed E-state index contributed by atoms with van der Waals surface area (Å²) in [6.07, 6.45) is 0.452. The molecule has 1 aromatic carbocycles. The van der Waals surface area contributed by atoms with Crippen molar-refractivity contribution in [2.24, 2.45) is 0 Å². The van der Waals surface area contributed by atoms with Crippen molar-refractivity contribution >= 4 is 39.1 Å². The van der Waals surface area contributed by atoms with Gasteiger partial charge in [-0.1, -0.05) is 11.6 Å². The zero-order valence-electron chi connectivity index (χ0n) is 11.3. The summed E-state index contributed by atoms with van der Waals surface area (Å²) in [7, 11) is -3.02. The molecule has 0 aromatic heterocycles. The van der Waals surface area contributed by atoms with Crippen LogP contribution in [0.25, 0.3) is 0 Å². The van der Waals surface area contributed by atoms with Crippen molar-refractivity contribution in [2.45, 2.75) is 29.5 Å². The third kappa shape index (κ3) is 4.59. The summed E-state index contributed by atoms with van der Waals surface area (Å²) in [5, 5.41) is 2.32. The number of hydrogen-bond acceptors (Lipinski definition) is 4. The van der Waals surface area contributed by atoms with Gasteiger partial charge >= 0.3 is 0 Å². The smallest absolute Gasteiger partial charge is 0.233 e. The van der Waals surface area contributed by atoms with E-state index in [1.807, 2.05) is 0 Å². The summed E-state index contributed by atoms with van der Waals surface area (Å²) in [5.74, 6) is -0.622. The van der Waals surface area contributed by atoms with Gasteiger partial charge in [-0.05, 0) is 31.5 Å². The van der Waals surface area contributed by atoms with Gasteiger partial charge in [0.15, 0.2) is 9.84 Å². The Hall–Kier alpha value is -0.790. The molecule has 1 heterocycles. The first-order valence-corrected chi connectivity index (χ1v) is 9.47. The lowest BCUT2D eigenvalue weighted by atomic mass is 10.2. The van der Waals surface area contributed by atoms with Gasteiger partial charge in [0.2, 0.25) is 5.91 Å². The molecule has 0 saturated carbocycles. The first-order valence-electron chi connectivity index (χ1n) is 6.39. The van der Waals surface area contributed by atoms with Gasteiger partial charge in [-0.2, -0.15) is 0 Å². The van der Waals surface area contributed by atoms with Crippen molar-refractivity contribution in [3.63, 3.8) is 0 Å². The minimum atomic E-state index is -3.02. The van der Waals surface area contributed by atoms with Crippen LogP contribution < -0.4 is 5.32 Å². The molecule has 0 radical (unpaired) electrons. The molecule has 1 aliphatic heterocycles. The van der Waals surface area contributed by atoms with E-state index >= 15 is 0 Å². The van der Waals surface area contributed by atoms with Crippen molar-refractivity contribution in [3.8, 4) is 0 Å². The van der Waals surface area contributed by atoms with Gasteiger partial charge in [0.1, 0.15) is 5.82 Å². The van der Waals surface area contributed by atoms with Gasteiger partial charge in [0, 0.05) is 10.9 Å². The van der Waals surface area contributed by atoms with E-state index in [-0.39, 0.29) is 28.5 Å². The van der Waals surface area contributed by atoms with Crippen LogP contribution in [0.2, 0.25) is 5.02 Å². The third-order valence-electron chi connectivity index (χ3n) is 3.15. The number of rotatable bonds is 4. The summed E-state index contributed by atoms with van der Waals surface area (Å²) < 4.78 is 35.8. The number of sulfone groups is 1. The van der Waals surface area contributed by atoms with Crippen molar-refractivity contribution in [1.82, 2.24) is 5.32 Å². The number of thioether (sulfide) groups is 1. The Morgan fingerprint density at radius 2 is 2.24 bits per heavy atom. The number of hydrogen-bond donors (Lipinski definition) is 1. The highest BCUT2D eigenvalue weighted by Crippen LogP contribution is 2.27. The van der Waals surface area contributed by atoms with Crippen LogP contribution in [-0.2, 0) is 14.6 Å². The number of carbonyl (C=O) groups excluding carboxylic acids is 1. The average molecular weight is 352 g/mol. The highest BCUT2D eigenvalue weighted by atomic mass is 35.5. The number of benzene rings is 1. The lowest BCUT2D eigenvalue weighted by Crippen LogP contribution is -2.39. The summed E-state index contributed by atoms with van der Waals surface area (Å²) in [6, 6.07) is 3.95. The van der Waals surface area contributed by atoms with E-state index in [4.69, 9.17) is 11.6 Å². The second-order valence-corrected chi connectivity index (χ2v) is 8.99. The molecule has 1 N–H and O–H groups in total. The maximum Gasteiger partial charge on any atom is 0.233 e. The normalized spacial score (nSPS) is 22.0. The number of carbonyl (C=O) groups is 1. The van der Waals surface area contributed by atoms with Gasteiger partial charge in [0.05, 0.1) is 21.8 Å². The van der Waals surface area contributed by atoms with Crippen LogP contribution in [0, 0.1) is 5.82 Å². The molecule has 0 spiro atoms. The van der Waals surface area contributed by atoms with Gasteiger partial charge in [0.25, 0.3) is 0 Å². The lowest BCUT2D eigenvalue weighted by molar-refractivity contribution is -0.120. The molecular formula is C13H15ClFNO3S2. The summed E-state index contributed by atoms with van der Waals surface area (Å²) in [6.45, 7) is 1.71. The predicted molar refractivity (Wildman–Crippen MR) is 81.9 cm³/mol. The van der Waals surface area contributed by atoms with Gasteiger partial charge in [-0.25, -0.2) is 12.8 Å². The topological polar surface area (TPSA) is 63.2 Å². The quantitative estimate of drug-likeness (QED) is 0.845. The SMILES string of the molecule is CC(Sc1ccc(F)c(Cl)c1)C(=O)NC1CCS(=O)(=O)C1. The molecule has 2 rings (SSSR count). The standard InChI is InChI=1S/C13H15ClFNO3S2/c1-8(20-10-2-3-12(15)11(14)6-10)13(17)16-9-4-5-21(18,19)7-9/h2-3,6,8-9H,4-5,7H2,1H3,(H,16,17). The zero-order chi connectivity index (χ0) is 15.6. The summed E-state index contributed by atoms with van der Waals surface area (Å²) in [5.41, 5.74) is 0. The first kappa shape index (κ1) is 16.6. The molecule has 4 nitrogen and oxygen atoms in total. The molecule has 1 aromatic rings. The third-order valence-corrected chi connectivity index (χ3v) is 6.30. The molecule has 21 heavy (non-hydrogen) atoms. The molecule has 2 atom stereocenters. The van der Waals surface area contributed by atoms with Gasteiger partial charge in [-0.15, -0.1) is 11.8 Å². The summed E-state index contributed by atoms with van der Waals surface area (Å²) >= 11 is 6.94. The molecule has 1 amide bonds. The fraction of sp³-hybridized carbons (Fsp3) is 0.462. The average Bonchev–Trinajstić information content (AvgIpc) is 2.73. The van der Waals surface area contributed by atoms with Crippen LogP contribution in [0.4, 0.5) is 4.39 Å². The second-order valence-electron chi connectivity index (χ2n) is 4.94. The molecule has 2 unspecified atom stereocenters. The van der Waals surface area contributed by atoms with E-state index in [1.54, 1.807) is 13.0 Å². The van der Waals surface area contributed by atoms with E-state index in [0.717, 1.165) is 0 Å². The molecular weight excluding hydrogens is 337 g/mol. The molecule has 0 bridgehead atoms. The van der Waals surface area contributed by atoms with E-state index in [1.165, 1.54) is 23.9 Å². The highest BCUT2D eigenvalue weighted by Gasteiger charge is 2.30. The first-order chi connectivity index (χ1) is 9.77. The maximum absolute atomic E-state index is 13.1. The van der Waals surface area contributed by atoms with E-state index in [9.17, 15) is 17.6 Å². The Kier molecular flexibility index (Phi) is 5.16. The Morgan fingerprint density at radius 1 is 1.52 bits per heavy atom. The largest absolute Gasteiger partial charge is 0.351 e. The minimum Gasteiger partial charge on any atom is -0.351 e. The van der Waals surface area contributed by atoms with E-state index < -0.39 is 20.9 Å². The van der Waals surface area contributed by atoms with Crippen molar-refractivity contribution in [2.75, 3.05) is 11.5 Å². The monoisotopic (exact) mass is 351 g/mol. The zero-order valence-corrected chi connectivity index (χ0v) is 13.7. The maximum atomic E-state index is 13.1. The van der Waals surface area contributed by atoms with Crippen LogP contribution in [0.1, 0.15) is 13.3 Å². The number of amides is 1. The minimum absolute atomic E-state index is 0.00149. The fourth-order valence-electron chi connectivity index (χ4n) is 2.04. The molecule has 116 valence electrons. The van der Waals surface area contributed by atoms with Crippen LogP contribution in [0.15, 0.2) is 23.1 Å². The van der Waals surface area contributed by atoms with Crippen LogP contribution in [0.5, 0.6) is 0 Å². The highest BCUT2D eigenvalue weighted by molar-refractivity contribution is 8.00. The van der Waals surface area contributed by atoms with Crippen molar-refractivity contribution in [1.29, 1.82) is 0 Å². The lowest BCUT2D eigenvalue weighted by Gasteiger charge is -2.15. The molecule has 1 saturated heterocycles. The molecule has 0 aliphatic carbocycles. The van der Waals surface area contributed by atoms with Crippen molar-refractivity contribution in [3.05, 3.63) is 29.0 Å². The molecule has 1 fully saturated rings. The molecule has 8 heteroatoms. The number of halogens is 2.